The third-order valence-electron chi connectivity index (χ3n) is 10.8. The molecule has 0 amide bonds. The fourth-order valence-corrected chi connectivity index (χ4v) is 8.17. The Kier molecular flexibility index (Phi) is 7.42. The molecule has 8 aromatic carbocycles. The lowest BCUT2D eigenvalue weighted by molar-refractivity contribution is 1.07. The van der Waals surface area contributed by atoms with Crippen LogP contribution < -0.4 is 0 Å². The van der Waals surface area contributed by atoms with Gasteiger partial charge in [0.1, 0.15) is 0 Å². The van der Waals surface area contributed by atoms with E-state index < -0.39 is 0 Å². The largest absolute Gasteiger partial charge is 0.317 e. The molecule has 0 aliphatic rings. The second-order valence-electron chi connectivity index (χ2n) is 14.1. The highest BCUT2D eigenvalue weighted by molar-refractivity contribution is 6.23. The summed E-state index contributed by atoms with van der Waals surface area (Å²) in [5.41, 5.74) is 10.9. The normalized spacial score (nSPS) is 11.6. The van der Waals surface area contributed by atoms with Gasteiger partial charge in [0.15, 0.2) is 17.5 Å². The molecule has 0 radical (unpaired) electrons. The lowest BCUT2D eigenvalue weighted by Crippen LogP contribution is -2.00. The van der Waals surface area contributed by atoms with Gasteiger partial charge in [-0.25, -0.2) is 15.0 Å². The van der Waals surface area contributed by atoms with Crippen LogP contribution in [0, 0.1) is 0 Å². The van der Waals surface area contributed by atoms with Crippen LogP contribution in [-0.4, -0.2) is 24.1 Å². The molecule has 56 heavy (non-hydrogen) atoms. The van der Waals surface area contributed by atoms with Crippen LogP contribution >= 0.6 is 0 Å². The van der Waals surface area contributed by atoms with Gasteiger partial charge in [0.25, 0.3) is 0 Å². The van der Waals surface area contributed by atoms with E-state index in [1.807, 2.05) is 60.7 Å². The first-order valence-corrected chi connectivity index (χ1v) is 18.9. The van der Waals surface area contributed by atoms with Crippen molar-refractivity contribution in [3.8, 4) is 56.7 Å². The van der Waals surface area contributed by atoms with Crippen LogP contribution in [0.3, 0.4) is 0 Å². The molecule has 262 valence electrons. The summed E-state index contributed by atoms with van der Waals surface area (Å²) in [7, 11) is 0. The zero-order valence-corrected chi connectivity index (χ0v) is 30.3. The van der Waals surface area contributed by atoms with Crippen molar-refractivity contribution in [1.29, 1.82) is 0 Å². The zero-order valence-electron chi connectivity index (χ0n) is 30.3. The van der Waals surface area contributed by atoms with Gasteiger partial charge in [0.2, 0.25) is 0 Å². The van der Waals surface area contributed by atoms with Crippen LogP contribution in [0.2, 0.25) is 0 Å². The molecule has 0 aliphatic carbocycles. The Balaban J connectivity index is 1.06. The maximum absolute atomic E-state index is 5.00. The van der Waals surface area contributed by atoms with E-state index in [1.54, 1.807) is 0 Å². The van der Waals surface area contributed by atoms with Gasteiger partial charge >= 0.3 is 0 Å². The van der Waals surface area contributed by atoms with E-state index in [4.69, 9.17) is 15.0 Å². The van der Waals surface area contributed by atoms with Gasteiger partial charge in [-0.2, -0.15) is 0 Å². The number of fused-ring (bicyclic) bond motifs is 7. The molecule has 11 rings (SSSR count). The molecule has 5 heteroatoms. The molecule has 3 heterocycles. The van der Waals surface area contributed by atoms with Crippen molar-refractivity contribution in [3.63, 3.8) is 0 Å². The fraction of sp³-hybridized carbons (Fsp3) is 0. The number of hydrogen-bond donors (Lipinski definition) is 0. The van der Waals surface area contributed by atoms with Gasteiger partial charge < -0.3 is 9.13 Å². The van der Waals surface area contributed by atoms with E-state index in [0.717, 1.165) is 39.2 Å². The minimum atomic E-state index is 0.636. The van der Waals surface area contributed by atoms with Gasteiger partial charge in [-0.3, -0.25) is 0 Å². The highest BCUT2D eigenvalue weighted by Crippen LogP contribution is 2.40. The molecule has 3 aromatic heterocycles. The van der Waals surface area contributed by atoms with Crippen LogP contribution in [0.5, 0.6) is 0 Å². The summed E-state index contributed by atoms with van der Waals surface area (Å²) in [6.07, 6.45) is 2.18. The summed E-state index contributed by atoms with van der Waals surface area (Å²) in [5.74, 6) is 1.93. The van der Waals surface area contributed by atoms with Crippen LogP contribution in [0.4, 0.5) is 0 Å². The zero-order chi connectivity index (χ0) is 37.0. The van der Waals surface area contributed by atoms with Crippen molar-refractivity contribution in [3.05, 3.63) is 200 Å². The Bertz CT molecular complexity index is 3180. The average Bonchev–Trinajstić information content (AvgIpc) is 3.87. The van der Waals surface area contributed by atoms with Gasteiger partial charge in [-0.15, -0.1) is 0 Å². The number of benzene rings is 8. The summed E-state index contributed by atoms with van der Waals surface area (Å²) in [6.45, 7) is 0. The third kappa shape index (κ3) is 5.29. The molecule has 0 aliphatic heterocycles. The molecule has 0 saturated carbocycles. The van der Waals surface area contributed by atoms with E-state index in [1.165, 1.54) is 43.5 Å². The van der Waals surface area contributed by atoms with Crippen molar-refractivity contribution < 1.29 is 0 Å². The second kappa shape index (κ2) is 13.0. The molecule has 0 unspecified atom stereocenters. The molecule has 0 fully saturated rings. The SMILES string of the molecule is c1ccc(-c2nc(-c3ccccc3)nc(-c3cccc(-c4cccc(-n5c6ccccc6c6ccc7c8ccn(-c9ccccc9)c8ccc7c65)c4)c3)n2)cc1. The standard InChI is InChI=1S/C51H33N5/c1-4-14-34(15-5-1)49-52-50(35-16-6-2-7-17-35)54-51(53-49)38-20-12-18-36(32-38)37-19-13-23-40(33-37)56-47-25-11-10-24-42(47)45-27-26-41-43-30-31-55(39-21-8-3-9-22-39)46(43)29-28-44(41)48(45)56/h1-33H. The average molecular weight is 716 g/mol. The van der Waals surface area contributed by atoms with Crippen molar-refractivity contribution >= 4 is 43.5 Å². The molecule has 5 nitrogen and oxygen atoms in total. The van der Waals surface area contributed by atoms with Gasteiger partial charge in [-0.05, 0) is 65.0 Å². The summed E-state index contributed by atoms with van der Waals surface area (Å²) < 4.78 is 4.71. The Hall–Kier alpha value is -7.63. The van der Waals surface area contributed by atoms with Crippen LogP contribution in [-0.2, 0) is 0 Å². The van der Waals surface area contributed by atoms with Crippen LogP contribution in [0.15, 0.2) is 200 Å². The first kappa shape index (κ1) is 31.9. The molecule has 11 aromatic rings. The predicted octanol–water partition coefficient (Wildman–Crippen LogP) is 12.7. The fourth-order valence-electron chi connectivity index (χ4n) is 8.17. The topological polar surface area (TPSA) is 48.5 Å². The van der Waals surface area contributed by atoms with Gasteiger partial charge in [0.05, 0.1) is 16.6 Å². The summed E-state index contributed by atoms with van der Waals surface area (Å²) in [5, 5.41) is 6.17. The number of aromatic nitrogens is 5. The van der Waals surface area contributed by atoms with Crippen molar-refractivity contribution in [2.45, 2.75) is 0 Å². The molecule has 0 atom stereocenters. The molecular formula is C51H33N5. The highest BCUT2D eigenvalue weighted by Gasteiger charge is 2.18. The second-order valence-corrected chi connectivity index (χ2v) is 14.1. The molecule has 0 bridgehead atoms. The van der Waals surface area contributed by atoms with Crippen molar-refractivity contribution in [1.82, 2.24) is 24.1 Å². The maximum Gasteiger partial charge on any atom is 0.164 e. The smallest absolute Gasteiger partial charge is 0.164 e. The predicted molar refractivity (Wildman–Crippen MR) is 230 cm³/mol. The first-order chi connectivity index (χ1) is 27.8. The summed E-state index contributed by atoms with van der Waals surface area (Å²) in [4.78, 5) is 14.9. The van der Waals surface area contributed by atoms with Crippen molar-refractivity contribution in [2.24, 2.45) is 0 Å². The Morgan fingerprint density at radius 2 is 0.804 bits per heavy atom. The molecule has 0 N–H and O–H groups in total. The Morgan fingerprint density at radius 1 is 0.304 bits per heavy atom. The summed E-state index contributed by atoms with van der Waals surface area (Å²) in [6, 6.07) is 68.3. The summed E-state index contributed by atoms with van der Waals surface area (Å²) >= 11 is 0. The lowest BCUT2D eigenvalue weighted by atomic mass is 10.0. The quantitative estimate of drug-likeness (QED) is 0.172. The van der Waals surface area contributed by atoms with Crippen LogP contribution in [0.1, 0.15) is 0 Å². The van der Waals surface area contributed by atoms with E-state index in [-0.39, 0.29) is 0 Å². The van der Waals surface area contributed by atoms with Gasteiger partial charge in [0, 0.05) is 55.8 Å². The minimum absolute atomic E-state index is 0.636. The number of para-hydroxylation sites is 2. The van der Waals surface area contributed by atoms with Crippen LogP contribution in [0.25, 0.3) is 100 Å². The van der Waals surface area contributed by atoms with E-state index in [2.05, 4.69) is 149 Å². The Labute approximate surface area is 323 Å². The lowest BCUT2D eigenvalue weighted by Gasteiger charge is -2.13. The molecule has 0 spiro atoms. The minimum Gasteiger partial charge on any atom is -0.317 e. The number of nitrogens with zero attached hydrogens (tertiary/aromatic N) is 5. The monoisotopic (exact) mass is 715 g/mol. The highest BCUT2D eigenvalue weighted by atomic mass is 15.0. The Morgan fingerprint density at radius 3 is 1.54 bits per heavy atom. The first-order valence-electron chi connectivity index (χ1n) is 18.9. The van der Waals surface area contributed by atoms with E-state index in [9.17, 15) is 0 Å². The van der Waals surface area contributed by atoms with Gasteiger partial charge in [-0.1, -0.05) is 146 Å². The number of hydrogen-bond acceptors (Lipinski definition) is 3. The van der Waals surface area contributed by atoms with E-state index in [0.29, 0.717) is 17.5 Å². The maximum atomic E-state index is 5.00. The van der Waals surface area contributed by atoms with E-state index >= 15 is 0 Å². The van der Waals surface area contributed by atoms with Crippen molar-refractivity contribution in [2.75, 3.05) is 0 Å². The molecule has 0 saturated heterocycles. The number of rotatable bonds is 6. The molecular weight excluding hydrogens is 683 g/mol. The third-order valence-corrected chi connectivity index (χ3v) is 10.8.